The van der Waals surface area contributed by atoms with Gasteiger partial charge in [-0.2, -0.15) is 0 Å². The van der Waals surface area contributed by atoms with E-state index in [1.807, 2.05) is 6.07 Å². The zero-order valence-electron chi connectivity index (χ0n) is 11.8. The molecule has 7 heteroatoms. The van der Waals surface area contributed by atoms with E-state index in [-0.39, 0.29) is 24.9 Å². The van der Waals surface area contributed by atoms with Gasteiger partial charge in [-0.05, 0) is 12.1 Å². The van der Waals surface area contributed by atoms with Gasteiger partial charge >= 0.3 is 0 Å². The van der Waals surface area contributed by atoms with E-state index in [4.69, 9.17) is 19.9 Å². The molecule has 0 aliphatic rings. The fourth-order valence-corrected chi connectivity index (χ4v) is 1.57. The van der Waals surface area contributed by atoms with Crippen LogP contribution in [-0.4, -0.2) is 39.9 Å². The quantitative estimate of drug-likeness (QED) is 0.775. The van der Waals surface area contributed by atoms with E-state index in [9.17, 15) is 4.79 Å². The average Bonchev–Trinajstić information content (AvgIpc) is 2.44. The molecule has 20 heavy (non-hydrogen) atoms. The molecule has 0 bridgehead atoms. The van der Waals surface area contributed by atoms with Crippen molar-refractivity contribution >= 4 is 18.3 Å². The van der Waals surface area contributed by atoms with Crippen LogP contribution in [0.2, 0.25) is 0 Å². The zero-order valence-corrected chi connectivity index (χ0v) is 12.7. The molecule has 114 valence electrons. The normalized spacial score (nSPS) is 11.2. The van der Waals surface area contributed by atoms with Gasteiger partial charge in [0.25, 0.3) is 0 Å². The predicted octanol–water partition coefficient (Wildman–Crippen LogP) is 0.716. The average molecular weight is 305 g/mol. The van der Waals surface area contributed by atoms with E-state index >= 15 is 0 Å². The molecule has 0 fully saturated rings. The van der Waals surface area contributed by atoms with Crippen molar-refractivity contribution in [3.8, 4) is 11.5 Å². The van der Waals surface area contributed by atoms with Crippen LogP contribution in [0, 0.1) is 0 Å². The van der Waals surface area contributed by atoms with Gasteiger partial charge in [0.05, 0.1) is 20.8 Å². The summed E-state index contributed by atoms with van der Waals surface area (Å²) in [6.07, 6.45) is 0. The summed E-state index contributed by atoms with van der Waals surface area (Å²) in [6.45, 7) is 0.523. The summed E-state index contributed by atoms with van der Waals surface area (Å²) in [6, 6.07) is 4.73. The minimum atomic E-state index is -0.672. The number of rotatable bonds is 7. The lowest BCUT2D eigenvalue weighted by molar-refractivity contribution is -0.123. The highest BCUT2D eigenvalue weighted by Gasteiger charge is 2.13. The highest BCUT2D eigenvalue weighted by Crippen LogP contribution is 2.24. The summed E-state index contributed by atoms with van der Waals surface area (Å²) >= 11 is 0. The molecule has 1 aromatic rings. The molecule has 1 rings (SSSR count). The highest BCUT2D eigenvalue weighted by atomic mass is 35.5. The molecule has 0 heterocycles. The van der Waals surface area contributed by atoms with Gasteiger partial charge < -0.3 is 25.3 Å². The van der Waals surface area contributed by atoms with Gasteiger partial charge in [0.1, 0.15) is 17.5 Å². The van der Waals surface area contributed by atoms with Crippen LogP contribution in [0.4, 0.5) is 0 Å². The molecule has 0 saturated carbocycles. The van der Waals surface area contributed by atoms with Crippen LogP contribution in [0.15, 0.2) is 18.2 Å². The molecule has 0 saturated heterocycles. The van der Waals surface area contributed by atoms with Gasteiger partial charge in [0.2, 0.25) is 5.91 Å². The van der Waals surface area contributed by atoms with Crippen LogP contribution < -0.4 is 20.5 Å². The first-order valence-corrected chi connectivity index (χ1v) is 5.85. The Hall–Kier alpha value is -1.50. The minimum absolute atomic E-state index is 0. The number of nitrogens with one attached hydrogen (secondary N) is 1. The largest absolute Gasteiger partial charge is 0.497 e. The second kappa shape index (κ2) is 9.41. The van der Waals surface area contributed by atoms with Crippen LogP contribution in [0.25, 0.3) is 0 Å². The predicted molar refractivity (Wildman–Crippen MR) is 78.5 cm³/mol. The van der Waals surface area contributed by atoms with Gasteiger partial charge in [0, 0.05) is 25.3 Å². The standard InChI is InChI=1S/C13H20N2O4.ClH/c1-17-8-11(14)13(16)15-7-9-4-5-10(18-2)6-12(9)19-3;/h4-6,11H,7-8,14H2,1-3H3,(H,15,16);1H. The van der Waals surface area contributed by atoms with Crippen LogP contribution in [-0.2, 0) is 16.1 Å². The van der Waals surface area contributed by atoms with Gasteiger partial charge in [-0.1, -0.05) is 0 Å². The Morgan fingerprint density at radius 2 is 2.00 bits per heavy atom. The smallest absolute Gasteiger partial charge is 0.239 e. The van der Waals surface area contributed by atoms with E-state index in [1.54, 1.807) is 26.4 Å². The fraction of sp³-hybridized carbons (Fsp3) is 0.462. The number of halogens is 1. The Labute approximate surface area is 125 Å². The summed E-state index contributed by atoms with van der Waals surface area (Å²) < 4.78 is 15.2. The first-order chi connectivity index (χ1) is 9.12. The fourth-order valence-electron chi connectivity index (χ4n) is 1.57. The van der Waals surface area contributed by atoms with Crippen molar-refractivity contribution in [2.45, 2.75) is 12.6 Å². The van der Waals surface area contributed by atoms with Crippen molar-refractivity contribution in [2.24, 2.45) is 5.73 Å². The molecular formula is C13H21ClN2O4. The number of hydrogen-bond acceptors (Lipinski definition) is 5. The minimum Gasteiger partial charge on any atom is -0.497 e. The molecule has 0 aromatic heterocycles. The van der Waals surface area contributed by atoms with Gasteiger partial charge in [0.15, 0.2) is 0 Å². The Bertz CT molecular complexity index is 429. The zero-order chi connectivity index (χ0) is 14.3. The Morgan fingerprint density at radius 3 is 2.55 bits per heavy atom. The Morgan fingerprint density at radius 1 is 1.30 bits per heavy atom. The topological polar surface area (TPSA) is 82.8 Å². The number of amides is 1. The lowest BCUT2D eigenvalue weighted by Crippen LogP contribution is -2.43. The van der Waals surface area contributed by atoms with E-state index in [1.165, 1.54) is 7.11 Å². The Balaban J connectivity index is 0.00000361. The van der Waals surface area contributed by atoms with Crippen LogP contribution in [0.3, 0.4) is 0 Å². The number of benzene rings is 1. The van der Waals surface area contributed by atoms with E-state index in [2.05, 4.69) is 5.32 Å². The molecular weight excluding hydrogens is 284 g/mol. The van der Waals surface area contributed by atoms with Crippen molar-refractivity contribution < 1.29 is 19.0 Å². The first-order valence-electron chi connectivity index (χ1n) is 5.85. The molecule has 6 nitrogen and oxygen atoms in total. The van der Waals surface area contributed by atoms with Gasteiger partial charge in [-0.25, -0.2) is 0 Å². The molecule has 1 aromatic carbocycles. The Kier molecular flexibility index (Phi) is 8.71. The third-order valence-electron chi connectivity index (χ3n) is 2.63. The van der Waals surface area contributed by atoms with Gasteiger partial charge in [-0.3, -0.25) is 4.79 Å². The molecule has 1 unspecified atom stereocenters. The number of hydrogen-bond donors (Lipinski definition) is 2. The lowest BCUT2D eigenvalue weighted by atomic mass is 10.2. The summed E-state index contributed by atoms with van der Waals surface area (Å²) in [4.78, 5) is 11.6. The van der Waals surface area contributed by atoms with Crippen molar-refractivity contribution in [1.29, 1.82) is 0 Å². The van der Waals surface area contributed by atoms with E-state index < -0.39 is 6.04 Å². The van der Waals surface area contributed by atoms with Crippen LogP contribution in [0.1, 0.15) is 5.56 Å². The third kappa shape index (κ3) is 5.24. The number of carbonyl (C=O) groups is 1. The second-order valence-corrected chi connectivity index (χ2v) is 3.96. The number of methoxy groups -OCH3 is 3. The van der Waals surface area contributed by atoms with Crippen molar-refractivity contribution in [1.82, 2.24) is 5.32 Å². The molecule has 0 aliphatic heterocycles. The highest BCUT2D eigenvalue weighted by molar-refractivity contribution is 5.85. The van der Waals surface area contributed by atoms with Crippen molar-refractivity contribution in [3.05, 3.63) is 23.8 Å². The summed E-state index contributed by atoms with van der Waals surface area (Å²) in [7, 11) is 4.65. The van der Waals surface area contributed by atoms with E-state index in [0.717, 1.165) is 5.56 Å². The maximum atomic E-state index is 11.6. The molecule has 0 aliphatic carbocycles. The summed E-state index contributed by atoms with van der Waals surface area (Å²) in [5.74, 6) is 1.09. The number of nitrogens with two attached hydrogens (primary N) is 1. The maximum absolute atomic E-state index is 11.6. The van der Waals surface area contributed by atoms with Crippen molar-refractivity contribution in [2.75, 3.05) is 27.9 Å². The maximum Gasteiger partial charge on any atom is 0.239 e. The van der Waals surface area contributed by atoms with E-state index in [0.29, 0.717) is 18.0 Å². The third-order valence-corrected chi connectivity index (χ3v) is 2.63. The molecule has 0 radical (unpaired) electrons. The lowest BCUT2D eigenvalue weighted by Gasteiger charge is -2.13. The van der Waals surface area contributed by atoms with Crippen LogP contribution >= 0.6 is 12.4 Å². The monoisotopic (exact) mass is 304 g/mol. The summed E-state index contributed by atoms with van der Waals surface area (Å²) in [5.41, 5.74) is 6.47. The molecule has 1 amide bonds. The van der Waals surface area contributed by atoms with Crippen molar-refractivity contribution in [3.63, 3.8) is 0 Å². The first kappa shape index (κ1) is 18.5. The summed E-state index contributed by atoms with van der Waals surface area (Å²) in [5, 5.41) is 2.73. The number of ether oxygens (including phenoxy) is 3. The molecule has 1 atom stereocenters. The number of carbonyl (C=O) groups excluding carboxylic acids is 1. The molecule has 0 spiro atoms. The van der Waals surface area contributed by atoms with Gasteiger partial charge in [-0.15, -0.1) is 12.4 Å². The van der Waals surface area contributed by atoms with Crippen LogP contribution in [0.5, 0.6) is 11.5 Å². The second-order valence-electron chi connectivity index (χ2n) is 3.96. The SMILES string of the molecule is COCC(N)C(=O)NCc1ccc(OC)cc1OC.Cl. The molecule has 3 N–H and O–H groups in total.